The molecule has 0 bridgehead atoms. The minimum absolute atomic E-state index is 0.0604. The van der Waals surface area contributed by atoms with Crippen LogP contribution in [0.25, 0.3) is 11.5 Å². The summed E-state index contributed by atoms with van der Waals surface area (Å²) in [6.45, 7) is 3.72. The molecule has 18 heavy (non-hydrogen) atoms. The molecule has 0 aliphatic rings. The summed E-state index contributed by atoms with van der Waals surface area (Å²) in [7, 11) is 1.34. The number of nitrogens with zero attached hydrogens (tertiary/aromatic N) is 2. The van der Waals surface area contributed by atoms with Gasteiger partial charge in [0.25, 0.3) is 0 Å². The van der Waals surface area contributed by atoms with Gasteiger partial charge in [-0.05, 0) is 32.0 Å². The third kappa shape index (κ3) is 2.74. The third-order valence-corrected chi connectivity index (χ3v) is 2.42. The van der Waals surface area contributed by atoms with E-state index in [0.717, 1.165) is 11.5 Å². The van der Waals surface area contributed by atoms with E-state index >= 15 is 0 Å². The number of methoxy groups -OCH3 is 1. The summed E-state index contributed by atoms with van der Waals surface area (Å²) in [6.07, 6.45) is 0.0604. The second kappa shape index (κ2) is 5.00. The summed E-state index contributed by atoms with van der Waals surface area (Å²) in [6, 6.07) is 5.53. The normalized spacial score (nSPS) is 10.4. The van der Waals surface area contributed by atoms with E-state index in [-0.39, 0.29) is 12.4 Å². The van der Waals surface area contributed by atoms with E-state index < -0.39 is 0 Å². The monoisotopic (exact) mass is 246 g/mol. The number of carbonyl (C=O) groups is 1. The lowest BCUT2D eigenvalue weighted by Gasteiger charge is -2.03. The first-order valence-electron chi connectivity index (χ1n) is 5.56. The molecule has 0 saturated heterocycles. The van der Waals surface area contributed by atoms with E-state index in [1.165, 1.54) is 7.11 Å². The van der Waals surface area contributed by atoms with Crippen molar-refractivity contribution in [2.45, 2.75) is 20.3 Å². The highest BCUT2D eigenvalue weighted by Gasteiger charge is 2.11. The van der Waals surface area contributed by atoms with E-state index in [0.29, 0.717) is 17.3 Å². The van der Waals surface area contributed by atoms with Crippen molar-refractivity contribution in [1.82, 2.24) is 9.97 Å². The first kappa shape index (κ1) is 12.3. The Balaban J connectivity index is 2.34. The lowest BCUT2D eigenvalue weighted by Crippen LogP contribution is -2.09. The average molecular weight is 246 g/mol. The molecule has 0 aliphatic heterocycles. The van der Waals surface area contributed by atoms with Crippen molar-refractivity contribution in [3.8, 4) is 11.5 Å². The number of hydrogen-bond acceptors (Lipinski definition) is 5. The van der Waals surface area contributed by atoms with Gasteiger partial charge in [-0.3, -0.25) is 4.79 Å². The van der Waals surface area contributed by atoms with Gasteiger partial charge in [0.15, 0.2) is 5.76 Å². The van der Waals surface area contributed by atoms with Gasteiger partial charge in [-0.2, -0.15) is 0 Å². The highest BCUT2D eigenvalue weighted by atomic mass is 16.5. The molecule has 0 aromatic carbocycles. The largest absolute Gasteiger partial charge is 0.469 e. The number of esters is 1. The topological polar surface area (TPSA) is 65.2 Å². The van der Waals surface area contributed by atoms with Gasteiger partial charge in [-0.25, -0.2) is 9.97 Å². The zero-order valence-electron chi connectivity index (χ0n) is 10.6. The fourth-order valence-corrected chi connectivity index (χ4v) is 1.61. The highest BCUT2D eigenvalue weighted by molar-refractivity contribution is 5.71. The van der Waals surface area contributed by atoms with Gasteiger partial charge in [0, 0.05) is 5.69 Å². The van der Waals surface area contributed by atoms with Gasteiger partial charge in [-0.15, -0.1) is 0 Å². The van der Waals surface area contributed by atoms with Gasteiger partial charge in [-0.1, -0.05) is 0 Å². The molecule has 0 amide bonds. The van der Waals surface area contributed by atoms with Crippen molar-refractivity contribution >= 4 is 5.97 Å². The molecule has 5 nitrogen and oxygen atoms in total. The number of hydrogen-bond donors (Lipinski definition) is 0. The predicted molar refractivity (Wildman–Crippen MR) is 64.9 cm³/mol. The minimum atomic E-state index is -0.359. The zero-order chi connectivity index (χ0) is 13.1. The Morgan fingerprint density at radius 3 is 2.72 bits per heavy atom. The maximum Gasteiger partial charge on any atom is 0.313 e. The van der Waals surface area contributed by atoms with Crippen LogP contribution < -0.4 is 0 Å². The number of aromatic nitrogens is 2. The van der Waals surface area contributed by atoms with Crippen LogP contribution in [0.3, 0.4) is 0 Å². The molecule has 2 aromatic heterocycles. The quantitative estimate of drug-likeness (QED) is 0.775. The van der Waals surface area contributed by atoms with Crippen LogP contribution in [0.2, 0.25) is 0 Å². The number of rotatable bonds is 3. The van der Waals surface area contributed by atoms with Crippen molar-refractivity contribution in [2.24, 2.45) is 0 Å². The smallest absolute Gasteiger partial charge is 0.313 e. The van der Waals surface area contributed by atoms with E-state index in [1.807, 2.05) is 32.0 Å². The first-order chi connectivity index (χ1) is 8.58. The van der Waals surface area contributed by atoms with Gasteiger partial charge in [0.05, 0.1) is 7.11 Å². The van der Waals surface area contributed by atoms with E-state index in [4.69, 9.17) is 4.42 Å². The summed E-state index contributed by atoms with van der Waals surface area (Å²) in [5.41, 5.74) is 1.46. The number of furan rings is 1. The molecule has 0 radical (unpaired) electrons. The average Bonchev–Trinajstić information content (AvgIpc) is 2.75. The Labute approximate surface area is 105 Å². The standard InChI is InChI=1S/C13H14N2O3/c1-8-6-10(11-5-4-9(2)18-11)15-12(14-8)7-13(16)17-3/h4-6H,7H2,1-3H3. The molecule has 2 aromatic rings. The summed E-state index contributed by atoms with van der Waals surface area (Å²) >= 11 is 0. The van der Waals surface area contributed by atoms with Gasteiger partial charge in [0.1, 0.15) is 23.7 Å². The summed E-state index contributed by atoms with van der Waals surface area (Å²) < 4.78 is 10.1. The van der Waals surface area contributed by atoms with Crippen LogP contribution in [-0.4, -0.2) is 23.0 Å². The van der Waals surface area contributed by atoms with Gasteiger partial charge in [0.2, 0.25) is 0 Å². The van der Waals surface area contributed by atoms with Gasteiger partial charge >= 0.3 is 5.97 Å². The number of carbonyl (C=O) groups excluding carboxylic acids is 1. The van der Waals surface area contributed by atoms with Gasteiger partial charge < -0.3 is 9.15 Å². The second-order valence-corrected chi connectivity index (χ2v) is 3.97. The van der Waals surface area contributed by atoms with Crippen LogP contribution in [-0.2, 0) is 16.0 Å². The van der Waals surface area contributed by atoms with E-state index in [2.05, 4.69) is 14.7 Å². The Morgan fingerprint density at radius 2 is 2.11 bits per heavy atom. The molecular weight excluding hydrogens is 232 g/mol. The van der Waals surface area contributed by atoms with Crippen LogP contribution in [0.4, 0.5) is 0 Å². The lowest BCUT2D eigenvalue weighted by molar-refractivity contribution is -0.139. The molecule has 5 heteroatoms. The molecule has 2 rings (SSSR count). The summed E-state index contributed by atoms with van der Waals surface area (Å²) in [4.78, 5) is 19.7. The molecule has 0 spiro atoms. The van der Waals surface area contributed by atoms with E-state index in [9.17, 15) is 4.79 Å². The fraction of sp³-hybridized carbons (Fsp3) is 0.308. The van der Waals surface area contributed by atoms with Crippen molar-refractivity contribution in [3.05, 3.63) is 35.5 Å². The fourth-order valence-electron chi connectivity index (χ4n) is 1.61. The molecule has 0 unspecified atom stereocenters. The Morgan fingerprint density at radius 1 is 1.33 bits per heavy atom. The van der Waals surface area contributed by atoms with Crippen LogP contribution in [0.1, 0.15) is 17.3 Å². The highest BCUT2D eigenvalue weighted by Crippen LogP contribution is 2.20. The second-order valence-electron chi connectivity index (χ2n) is 3.97. The molecule has 94 valence electrons. The summed E-state index contributed by atoms with van der Waals surface area (Å²) in [5, 5.41) is 0. The molecule has 2 heterocycles. The molecule has 0 atom stereocenters. The first-order valence-corrected chi connectivity index (χ1v) is 5.56. The van der Waals surface area contributed by atoms with E-state index in [1.54, 1.807) is 0 Å². The summed E-state index contributed by atoms with van der Waals surface area (Å²) in [5.74, 6) is 1.56. The van der Waals surface area contributed by atoms with Crippen LogP contribution in [0.5, 0.6) is 0 Å². The SMILES string of the molecule is COC(=O)Cc1nc(C)cc(-c2ccc(C)o2)n1. The van der Waals surface area contributed by atoms with Crippen molar-refractivity contribution in [1.29, 1.82) is 0 Å². The molecule has 0 aliphatic carbocycles. The number of aryl methyl sites for hydroxylation is 2. The van der Waals surface area contributed by atoms with Crippen LogP contribution >= 0.6 is 0 Å². The molecule has 0 fully saturated rings. The lowest BCUT2D eigenvalue weighted by atomic mass is 10.2. The van der Waals surface area contributed by atoms with Crippen molar-refractivity contribution < 1.29 is 13.9 Å². The Kier molecular flexibility index (Phi) is 3.41. The third-order valence-electron chi connectivity index (χ3n) is 2.42. The molecule has 0 saturated carbocycles. The Bertz CT molecular complexity index is 575. The number of ether oxygens (including phenoxy) is 1. The van der Waals surface area contributed by atoms with Crippen LogP contribution in [0, 0.1) is 13.8 Å². The maximum atomic E-state index is 11.2. The zero-order valence-corrected chi connectivity index (χ0v) is 10.6. The molecule has 0 N–H and O–H groups in total. The predicted octanol–water partition coefficient (Wildman–Crippen LogP) is 2.07. The minimum Gasteiger partial charge on any atom is -0.469 e. The Hall–Kier alpha value is -2.17. The maximum absolute atomic E-state index is 11.2. The van der Waals surface area contributed by atoms with Crippen molar-refractivity contribution in [3.63, 3.8) is 0 Å². The van der Waals surface area contributed by atoms with Crippen molar-refractivity contribution in [2.75, 3.05) is 7.11 Å². The molecular formula is C13H14N2O3. The van der Waals surface area contributed by atoms with Crippen LogP contribution in [0.15, 0.2) is 22.6 Å².